The Bertz CT molecular complexity index is 406. The first-order valence-electron chi connectivity index (χ1n) is 7.47. The molecule has 0 radical (unpaired) electrons. The predicted octanol–water partition coefficient (Wildman–Crippen LogP) is 2.01. The van der Waals surface area contributed by atoms with E-state index in [1.54, 1.807) is 0 Å². The van der Waals surface area contributed by atoms with Crippen molar-refractivity contribution in [2.45, 2.75) is 58.1 Å². The predicted molar refractivity (Wildman–Crippen MR) is 76.9 cm³/mol. The Kier molecular flexibility index (Phi) is 4.63. The van der Waals surface area contributed by atoms with Crippen molar-refractivity contribution in [3.05, 3.63) is 17.5 Å². The minimum atomic E-state index is -0.501. The van der Waals surface area contributed by atoms with Crippen molar-refractivity contribution in [1.82, 2.24) is 15.1 Å². The maximum atomic E-state index is 10.5. The molecule has 0 spiro atoms. The Balaban J connectivity index is 1.81. The smallest absolute Gasteiger partial charge is 0.0771 e. The van der Waals surface area contributed by atoms with Crippen molar-refractivity contribution in [3.8, 4) is 0 Å². The third kappa shape index (κ3) is 3.80. The van der Waals surface area contributed by atoms with Gasteiger partial charge in [0.05, 0.1) is 17.0 Å². The Morgan fingerprint density at radius 3 is 2.74 bits per heavy atom. The van der Waals surface area contributed by atoms with Crippen molar-refractivity contribution in [2.75, 3.05) is 6.54 Å². The minimum Gasteiger partial charge on any atom is -0.389 e. The first kappa shape index (κ1) is 14.5. The molecule has 1 fully saturated rings. The lowest BCUT2D eigenvalue weighted by atomic mass is 9.79. The number of aromatic nitrogens is 2. The van der Waals surface area contributed by atoms with Crippen molar-refractivity contribution in [1.29, 1.82) is 0 Å². The minimum absolute atomic E-state index is 0.501. The maximum absolute atomic E-state index is 10.5. The number of aliphatic hydroxyl groups is 1. The summed E-state index contributed by atoms with van der Waals surface area (Å²) in [5.74, 6) is 0.768. The molecule has 0 bridgehead atoms. The van der Waals surface area contributed by atoms with E-state index in [4.69, 9.17) is 0 Å². The standard InChI is InChI=1S/C15H27N3O/c1-4-13-9-14(18(3)17-13)10-16-11-15(19)7-5-12(2)6-8-15/h9,12,16,19H,4-8,10-11H2,1-3H3. The van der Waals surface area contributed by atoms with Crippen LogP contribution in [0.15, 0.2) is 6.07 Å². The molecule has 0 aliphatic heterocycles. The number of nitrogens with one attached hydrogen (secondary N) is 1. The van der Waals surface area contributed by atoms with Gasteiger partial charge in [-0.1, -0.05) is 13.8 Å². The maximum Gasteiger partial charge on any atom is 0.0771 e. The van der Waals surface area contributed by atoms with Gasteiger partial charge in [-0.05, 0) is 44.1 Å². The van der Waals surface area contributed by atoms with E-state index >= 15 is 0 Å². The topological polar surface area (TPSA) is 50.1 Å². The first-order valence-corrected chi connectivity index (χ1v) is 7.47. The van der Waals surface area contributed by atoms with Crippen LogP contribution in [-0.4, -0.2) is 27.0 Å². The molecule has 1 aliphatic carbocycles. The van der Waals surface area contributed by atoms with E-state index in [0.29, 0.717) is 6.54 Å². The first-order chi connectivity index (χ1) is 9.02. The Morgan fingerprint density at radius 1 is 1.47 bits per heavy atom. The quantitative estimate of drug-likeness (QED) is 0.856. The normalized spacial score (nSPS) is 27.7. The van der Waals surface area contributed by atoms with Gasteiger partial charge in [0, 0.05) is 20.1 Å². The summed E-state index contributed by atoms with van der Waals surface area (Å²) in [6, 6.07) is 2.14. The highest BCUT2D eigenvalue weighted by Crippen LogP contribution is 2.31. The summed E-state index contributed by atoms with van der Waals surface area (Å²) in [6.07, 6.45) is 5.10. The fraction of sp³-hybridized carbons (Fsp3) is 0.800. The van der Waals surface area contributed by atoms with Crippen LogP contribution in [-0.2, 0) is 20.0 Å². The van der Waals surface area contributed by atoms with E-state index in [1.165, 1.54) is 5.69 Å². The van der Waals surface area contributed by atoms with Gasteiger partial charge in [0.15, 0.2) is 0 Å². The lowest BCUT2D eigenvalue weighted by Gasteiger charge is -2.35. The zero-order chi connectivity index (χ0) is 13.9. The highest BCUT2D eigenvalue weighted by Gasteiger charge is 2.31. The fourth-order valence-corrected chi connectivity index (χ4v) is 2.81. The molecule has 0 atom stereocenters. The van der Waals surface area contributed by atoms with Crippen molar-refractivity contribution >= 4 is 0 Å². The van der Waals surface area contributed by atoms with E-state index in [9.17, 15) is 5.11 Å². The van der Waals surface area contributed by atoms with Gasteiger partial charge in [-0.25, -0.2) is 0 Å². The molecule has 108 valence electrons. The molecule has 4 nitrogen and oxygen atoms in total. The monoisotopic (exact) mass is 265 g/mol. The second-order valence-corrected chi connectivity index (χ2v) is 6.11. The summed E-state index contributed by atoms with van der Waals surface area (Å²) < 4.78 is 1.93. The molecule has 0 saturated heterocycles. The second kappa shape index (κ2) is 6.06. The molecular weight excluding hydrogens is 238 g/mol. The summed E-state index contributed by atoms with van der Waals surface area (Å²) in [5, 5.41) is 18.3. The third-order valence-corrected chi connectivity index (χ3v) is 4.35. The summed E-state index contributed by atoms with van der Waals surface area (Å²) in [6.45, 7) is 5.86. The Hall–Kier alpha value is -0.870. The van der Waals surface area contributed by atoms with Crippen molar-refractivity contribution in [2.24, 2.45) is 13.0 Å². The highest BCUT2D eigenvalue weighted by molar-refractivity contribution is 5.10. The molecule has 1 aromatic rings. The lowest BCUT2D eigenvalue weighted by molar-refractivity contribution is -0.00640. The van der Waals surface area contributed by atoms with E-state index in [2.05, 4.69) is 30.3 Å². The van der Waals surface area contributed by atoms with E-state index in [-0.39, 0.29) is 0 Å². The molecular formula is C15H27N3O. The van der Waals surface area contributed by atoms with E-state index in [0.717, 1.165) is 50.3 Å². The molecule has 1 saturated carbocycles. The van der Waals surface area contributed by atoms with Gasteiger partial charge in [-0.3, -0.25) is 4.68 Å². The summed E-state index contributed by atoms with van der Waals surface area (Å²) in [4.78, 5) is 0. The zero-order valence-corrected chi connectivity index (χ0v) is 12.4. The molecule has 2 rings (SSSR count). The zero-order valence-electron chi connectivity index (χ0n) is 12.4. The van der Waals surface area contributed by atoms with Crippen LogP contribution < -0.4 is 5.32 Å². The van der Waals surface area contributed by atoms with Gasteiger partial charge >= 0.3 is 0 Å². The number of hydrogen-bond donors (Lipinski definition) is 2. The number of nitrogens with zero attached hydrogens (tertiary/aromatic N) is 2. The van der Waals surface area contributed by atoms with Gasteiger partial charge < -0.3 is 10.4 Å². The van der Waals surface area contributed by atoms with Gasteiger partial charge in [0.1, 0.15) is 0 Å². The van der Waals surface area contributed by atoms with Crippen LogP contribution in [0.25, 0.3) is 0 Å². The van der Waals surface area contributed by atoms with Gasteiger partial charge in [-0.15, -0.1) is 0 Å². The van der Waals surface area contributed by atoms with Crippen LogP contribution in [0, 0.1) is 5.92 Å². The molecule has 4 heteroatoms. The van der Waals surface area contributed by atoms with E-state index < -0.39 is 5.60 Å². The molecule has 2 N–H and O–H groups in total. The van der Waals surface area contributed by atoms with Gasteiger partial charge in [0.25, 0.3) is 0 Å². The summed E-state index contributed by atoms with van der Waals surface area (Å²) >= 11 is 0. The molecule has 0 aromatic carbocycles. The largest absolute Gasteiger partial charge is 0.389 e. The van der Waals surface area contributed by atoms with Crippen LogP contribution in [0.4, 0.5) is 0 Å². The molecule has 1 aromatic heterocycles. The van der Waals surface area contributed by atoms with Crippen LogP contribution in [0.3, 0.4) is 0 Å². The number of rotatable bonds is 5. The summed E-state index contributed by atoms with van der Waals surface area (Å²) in [7, 11) is 1.98. The third-order valence-electron chi connectivity index (χ3n) is 4.35. The average Bonchev–Trinajstić information content (AvgIpc) is 2.75. The molecule has 0 unspecified atom stereocenters. The lowest BCUT2D eigenvalue weighted by Crippen LogP contribution is -2.43. The van der Waals surface area contributed by atoms with E-state index in [1.807, 2.05) is 11.7 Å². The summed E-state index contributed by atoms with van der Waals surface area (Å²) in [5.41, 5.74) is 1.81. The van der Waals surface area contributed by atoms with Crippen LogP contribution >= 0.6 is 0 Å². The Morgan fingerprint density at radius 2 is 2.16 bits per heavy atom. The number of aryl methyl sites for hydroxylation is 2. The van der Waals surface area contributed by atoms with Crippen molar-refractivity contribution < 1.29 is 5.11 Å². The van der Waals surface area contributed by atoms with Gasteiger partial charge in [-0.2, -0.15) is 5.10 Å². The van der Waals surface area contributed by atoms with Crippen LogP contribution in [0.2, 0.25) is 0 Å². The molecule has 1 aliphatic rings. The molecule has 1 heterocycles. The second-order valence-electron chi connectivity index (χ2n) is 6.11. The van der Waals surface area contributed by atoms with Crippen LogP contribution in [0.5, 0.6) is 0 Å². The van der Waals surface area contributed by atoms with Crippen molar-refractivity contribution in [3.63, 3.8) is 0 Å². The SMILES string of the molecule is CCc1cc(CNCC2(O)CCC(C)CC2)n(C)n1. The average molecular weight is 265 g/mol. The Labute approximate surface area is 116 Å². The molecule has 0 amide bonds. The highest BCUT2D eigenvalue weighted by atomic mass is 16.3. The fourth-order valence-electron chi connectivity index (χ4n) is 2.81. The molecule has 19 heavy (non-hydrogen) atoms. The van der Waals surface area contributed by atoms with Crippen LogP contribution in [0.1, 0.15) is 50.9 Å². The van der Waals surface area contributed by atoms with Gasteiger partial charge in [0.2, 0.25) is 0 Å². The number of hydrogen-bond acceptors (Lipinski definition) is 3.